The Labute approximate surface area is 127 Å². The van der Waals surface area contributed by atoms with Gasteiger partial charge in [0.05, 0.1) is 11.4 Å². The van der Waals surface area contributed by atoms with Crippen molar-refractivity contribution < 1.29 is 18.1 Å². The third kappa shape index (κ3) is 3.42. The van der Waals surface area contributed by atoms with Gasteiger partial charge in [-0.1, -0.05) is 6.07 Å². The fourth-order valence-electron chi connectivity index (χ4n) is 1.95. The maximum absolute atomic E-state index is 11.5. The van der Waals surface area contributed by atoms with Crippen molar-refractivity contribution in [2.75, 3.05) is 6.26 Å². The van der Waals surface area contributed by atoms with Gasteiger partial charge in [-0.15, -0.1) is 0 Å². The van der Waals surface area contributed by atoms with Crippen LogP contribution in [0.25, 0.3) is 0 Å². The van der Waals surface area contributed by atoms with Crippen LogP contribution in [0.1, 0.15) is 12.7 Å². The molecule has 1 aromatic heterocycles. The van der Waals surface area contributed by atoms with Crippen molar-refractivity contribution in [1.82, 2.24) is 9.55 Å². The molecule has 0 N–H and O–H groups in total. The molecule has 0 radical (unpaired) electrons. The number of aromatic nitrogens is 2. The van der Waals surface area contributed by atoms with Crippen molar-refractivity contribution in [1.29, 1.82) is 0 Å². The van der Waals surface area contributed by atoms with E-state index in [-0.39, 0.29) is 17.3 Å². The van der Waals surface area contributed by atoms with E-state index in [0.29, 0.717) is 18.1 Å². The van der Waals surface area contributed by atoms with Gasteiger partial charge < -0.3 is 14.9 Å². The van der Waals surface area contributed by atoms with E-state index in [0.717, 1.165) is 6.26 Å². The summed E-state index contributed by atoms with van der Waals surface area (Å²) in [6, 6.07) is 6.06. The van der Waals surface area contributed by atoms with Gasteiger partial charge in [0.1, 0.15) is 11.9 Å². The number of hydrogen-bond acceptors (Lipinski definition) is 6. The summed E-state index contributed by atoms with van der Waals surface area (Å²) in [5.41, 5.74) is 0. The lowest BCUT2D eigenvalue weighted by Crippen LogP contribution is -2.08. The molecule has 118 valence electrons. The molecule has 0 saturated carbocycles. The van der Waals surface area contributed by atoms with Crippen LogP contribution in [0.4, 0.5) is 5.82 Å². The summed E-state index contributed by atoms with van der Waals surface area (Å²) >= 11 is 0. The van der Waals surface area contributed by atoms with Crippen LogP contribution < -0.4 is 4.74 Å². The van der Waals surface area contributed by atoms with Crippen molar-refractivity contribution in [2.45, 2.75) is 25.0 Å². The summed E-state index contributed by atoms with van der Waals surface area (Å²) in [7, 11) is -3.32. The minimum absolute atomic E-state index is 0.00882. The maximum Gasteiger partial charge on any atom is 0.342 e. The number of nitrogens with zero attached hydrogens (tertiary/aromatic N) is 3. The van der Waals surface area contributed by atoms with E-state index >= 15 is 0 Å². The fourth-order valence-corrected chi connectivity index (χ4v) is 2.61. The first-order valence-corrected chi connectivity index (χ1v) is 8.33. The van der Waals surface area contributed by atoms with Gasteiger partial charge in [-0.2, -0.15) is 0 Å². The van der Waals surface area contributed by atoms with E-state index in [2.05, 4.69) is 4.98 Å². The quantitative estimate of drug-likeness (QED) is 0.592. The number of benzene rings is 1. The average molecular weight is 325 g/mol. The molecule has 22 heavy (non-hydrogen) atoms. The standard InChI is InChI=1S/C13H15N3O5S/c1-3-15-12(14-8-13(15)16(17)18)9-21-10-5-4-6-11(7-10)22(2,19)20/h4-8H,3,9H2,1-2H3. The van der Waals surface area contributed by atoms with Crippen LogP contribution in [0.3, 0.4) is 0 Å². The number of rotatable bonds is 6. The first kappa shape index (κ1) is 16.0. The highest BCUT2D eigenvalue weighted by Crippen LogP contribution is 2.20. The molecule has 0 unspecified atom stereocenters. The third-order valence-corrected chi connectivity index (χ3v) is 4.13. The number of sulfone groups is 1. The molecular weight excluding hydrogens is 310 g/mol. The van der Waals surface area contributed by atoms with Crippen LogP contribution in [0.15, 0.2) is 35.4 Å². The lowest BCUT2D eigenvalue weighted by Gasteiger charge is -2.07. The summed E-state index contributed by atoms with van der Waals surface area (Å²) in [6.45, 7) is 2.16. The van der Waals surface area contributed by atoms with Crippen molar-refractivity contribution >= 4 is 15.7 Å². The topological polar surface area (TPSA) is 104 Å². The second kappa shape index (κ2) is 6.14. The Kier molecular flexibility index (Phi) is 4.45. The minimum atomic E-state index is -3.32. The predicted octanol–water partition coefficient (Wildman–Crippen LogP) is 1.79. The van der Waals surface area contributed by atoms with E-state index in [1.54, 1.807) is 19.1 Å². The Morgan fingerprint density at radius 1 is 1.41 bits per heavy atom. The van der Waals surface area contributed by atoms with Crippen LogP contribution in [0, 0.1) is 10.1 Å². The van der Waals surface area contributed by atoms with Gasteiger partial charge in [0.25, 0.3) is 0 Å². The maximum atomic E-state index is 11.5. The van der Waals surface area contributed by atoms with Gasteiger partial charge in [-0.3, -0.25) is 0 Å². The highest BCUT2D eigenvalue weighted by atomic mass is 32.2. The summed E-state index contributed by atoms with van der Waals surface area (Å²) in [5.74, 6) is 0.654. The Morgan fingerprint density at radius 2 is 2.14 bits per heavy atom. The van der Waals surface area contributed by atoms with E-state index in [1.807, 2.05) is 0 Å². The Balaban J connectivity index is 2.19. The van der Waals surface area contributed by atoms with Gasteiger partial charge in [0, 0.05) is 6.26 Å². The van der Waals surface area contributed by atoms with Crippen LogP contribution in [-0.2, 0) is 23.0 Å². The largest absolute Gasteiger partial charge is 0.483 e. The normalized spacial score (nSPS) is 11.4. The van der Waals surface area contributed by atoms with E-state index in [4.69, 9.17) is 4.74 Å². The second-order valence-electron chi connectivity index (χ2n) is 4.57. The molecule has 1 aromatic carbocycles. The average Bonchev–Trinajstić information content (AvgIpc) is 2.87. The lowest BCUT2D eigenvalue weighted by atomic mass is 10.3. The van der Waals surface area contributed by atoms with Crippen LogP contribution in [-0.4, -0.2) is 29.1 Å². The number of hydrogen-bond donors (Lipinski definition) is 0. The van der Waals surface area contributed by atoms with Crippen LogP contribution >= 0.6 is 0 Å². The van der Waals surface area contributed by atoms with Crippen LogP contribution in [0.2, 0.25) is 0 Å². The molecule has 0 atom stereocenters. The highest BCUT2D eigenvalue weighted by Gasteiger charge is 2.19. The van der Waals surface area contributed by atoms with Crippen molar-refractivity contribution in [2.24, 2.45) is 0 Å². The number of imidazole rings is 1. The summed E-state index contributed by atoms with van der Waals surface area (Å²) in [6.07, 6.45) is 2.29. The zero-order valence-corrected chi connectivity index (χ0v) is 12.9. The third-order valence-electron chi connectivity index (χ3n) is 3.02. The highest BCUT2D eigenvalue weighted by molar-refractivity contribution is 7.90. The van der Waals surface area contributed by atoms with E-state index in [1.165, 1.54) is 22.9 Å². The molecule has 0 aliphatic carbocycles. The molecule has 0 amide bonds. The van der Waals surface area contributed by atoms with E-state index < -0.39 is 14.8 Å². The molecular formula is C13H15N3O5S. The molecule has 1 heterocycles. The molecule has 0 aliphatic rings. The second-order valence-corrected chi connectivity index (χ2v) is 6.59. The van der Waals surface area contributed by atoms with Crippen molar-refractivity contribution in [3.63, 3.8) is 0 Å². The lowest BCUT2D eigenvalue weighted by molar-refractivity contribution is -0.392. The van der Waals surface area contributed by atoms with Crippen LogP contribution in [0.5, 0.6) is 5.75 Å². The molecule has 9 heteroatoms. The molecule has 0 aliphatic heterocycles. The number of nitro groups is 1. The SMILES string of the molecule is CCn1c([N+](=O)[O-])cnc1COc1cccc(S(C)(=O)=O)c1. The smallest absolute Gasteiger partial charge is 0.342 e. The minimum Gasteiger partial charge on any atom is -0.483 e. The summed E-state index contributed by atoms with van der Waals surface area (Å²) in [4.78, 5) is 14.5. The Morgan fingerprint density at radius 3 is 2.73 bits per heavy atom. The van der Waals surface area contributed by atoms with Gasteiger partial charge in [-0.05, 0) is 30.0 Å². The molecule has 0 bridgehead atoms. The Bertz CT molecular complexity index is 798. The number of ether oxygens (including phenoxy) is 1. The molecule has 0 fully saturated rings. The molecule has 0 saturated heterocycles. The molecule has 8 nitrogen and oxygen atoms in total. The summed E-state index contributed by atoms with van der Waals surface area (Å²) in [5, 5.41) is 10.9. The monoisotopic (exact) mass is 325 g/mol. The van der Waals surface area contributed by atoms with Crippen molar-refractivity contribution in [3.05, 3.63) is 46.4 Å². The first-order valence-electron chi connectivity index (χ1n) is 6.44. The zero-order chi connectivity index (χ0) is 16.3. The van der Waals surface area contributed by atoms with Gasteiger partial charge in [-0.25, -0.2) is 18.0 Å². The van der Waals surface area contributed by atoms with Crippen molar-refractivity contribution in [3.8, 4) is 5.75 Å². The molecule has 0 spiro atoms. The van der Waals surface area contributed by atoms with E-state index in [9.17, 15) is 18.5 Å². The summed E-state index contributed by atoms with van der Waals surface area (Å²) < 4.78 is 29.9. The first-order chi connectivity index (χ1) is 10.3. The van der Waals surface area contributed by atoms with Gasteiger partial charge >= 0.3 is 5.82 Å². The molecule has 2 aromatic rings. The Hall–Kier alpha value is -2.42. The fraction of sp³-hybridized carbons (Fsp3) is 0.308. The van der Waals surface area contributed by atoms with Gasteiger partial charge in [0.2, 0.25) is 5.82 Å². The van der Waals surface area contributed by atoms with Gasteiger partial charge in [0.15, 0.2) is 16.4 Å². The zero-order valence-electron chi connectivity index (χ0n) is 12.1. The molecule has 2 rings (SSSR count). The predicted molar refractivity (Wildman–Crippen MR) is 78.4 cm³/mol.